The lowest BCUT2D eigenvalue weighted by atomic mass is 10.2. The summed E-state index contributed by atoms with van der Waals surface area (Å²) in [5.74, 6) is -3.60. The lowest BCUT2D eigenvalue weighted by Crippen LogP contribution is -2.46. The number of rotatable bonds is 3. The third-order valence-electron chi connectivity index (χ3n) is 2.16. The third-order valence-corrected chi connectivity index (χ3v) is 2.16. The number of halogens is 2. The molecule has 0 saturated heterocycles. The Balaban J connectivity index is 3.19. The molecule has 0 heterocycles. The zero-order chi connectivity index (χ0) is 13.2. The van der Waals surface area contributed by atoms with Gasteiger partial charge in [0.15, 0.2) is 11.6 Å². The summed E-state index contributed by atoms with van der Waals surface area (Å²) in [6.45, 7) is 1.20. The first-order valence-corrected chi connectivity index (χ1v) is 4.61. The highest BCUT2D eigenvalue weighted by molar-refractivity contribution is 5.96. The molecule has 0 spiro atoms. The number of carboxylic acid groups (broad SMARTS) is 1. The maximum atomic E-state index is 13.0. The summed E-state index contributed by atoms with van der Waals surface area (Å²) in [4.78, 5) is 22.5. The molecule has 2 amide bonds. The van der Waals surface area contributed by atoms with Crippen LogP contribution in [0.1, 0.15) is 6.92 Å². The van der Waals surface area contributed by atoms with Crippen molar-refractivity contribution in [1.82, 2.24) is 0 Å². The van der Waals surface area contributed by atoms with Gasteiger partial charge in [0.1, 0.15) is 6.04 Å². The van der Waals surface area contributed by atoms with Crippen molar-refractivity contribution in [1.29, 1.82) is 0 Å². The average molecular weight is 244 g/mol. The molecule has 0 radical (unpaired) electrons. The van der Waals surface area contributed by atoms with Gasteiger partial charge >= 0.3 is 12.0 Å². The van der Waals surface area contributed by atoms with Crippen molar-refractivity contribution in [3.63, 3.8) is 0 Å². The Kier molecular flexibility index (Phi) is 3.62. The molecule has 0 aliphatic rings. The highest BCUT2D eigenvalue weighted by Gasteiger charge is 2.26. The highest BCUT2D eigenvalue weighted by atomic mass is 19.2. The highest BCUT2D eigenvalue weighted by Crippen LogP contribution is 2.20. The number of hydrogen-bond acceptors (Lipinski definition) is 2. The van der Waals surface area contributed by atoms with E-state index in [0.717, 1.165) is 12.1 Å². The van der Waals surface area contributed by atoms with Crippen molar-refractivity contribution in [3.05, 3.63) is 29.8 Å². The predicted octanol–water partition coefficient (Wildman–Crippen LogP) is 1.32. The van der Waals surface area contributed by atoms with E-state index < -0.39 is 29.7 Å². The van der Waals surface area contributed by atoms with Crippen molar-refractivity contribution in [2.75, 3.05) is 4.90 Å². The van der Waals surface area contributed by atoms with E-state index >= 15 is 0 Å². The van der Waals surface area contributed by atoms with Gasteiger partial charge in [-0.3, -0.25) is 4.90 Å². The molecule has 1 aromatic rings. The Labute approximate surface area is 95.4 Å². The molecule has 0 bridgehead atoms. The van der Waals surface area contributed by atoms with Crippen LogP contribution in [0.3, 0.4) is 0 Å². The van der Waals surface area contributed by atoms with Gasteiger partial charge in [0.25, 0.3) is 0 Å². The molecule has 1 aromatic carbocycles. The molecule has 0 saturated carbocycles. The zero-order valence-corrected chi connectivity index (χ0v) is 8.85. The van der Waals surface area contributed by atoms with Gasteiger partial charge in [-0.15, -0.1) is 0 Å². The van der Waals surface area contributed by atoms with Gasteiger partial charge in [-0.25, -0.2) is 18.4 Å². The zero-order valence-electron chi connectivity index (χ0n) is 8.85. The van der Waals surface area contributed by atoms with Crippen molar-refractivity contribution in [2.45, 2.75) is 13.0 Å². The molecule has 5 nitrogen and oxygen atoms in total. The Hall–Kier alpha value is -2.18. The summed E-state index contributed by atoms with van der Waals surface area (Å²) in [5, 5.41) is 8.77. The SMILES string of the molecule is C[C@H](C(=O)O)N(C(N)=O)c1ccc(F)c(F)c1. The smallest absolute Gasteiger partial charge is 0.326 e. The van der Waals surface area contributed by atoms with Gasteiger partial charge in [-0.1, -0.05) is 0 Å². The Morgan fingerprint density at radius 1 is 1.35 bits per heavy atom. The third kappa shape index (κ3) is 2.68. The molecule has 3 N–H and O–H groups in total. The van der Waals surface area contributed by atoms with E-state index in [1.54, 1.807) is 0 Å². The largest absolute Gasteiger partial charge is 0.480 e. The lowest BCUT2D eigenvalue weighted by Gasteiger charge is -2.24. The van der Waals surface area contributed by atoms with Crippen LogP contribution in [-0.2, 0) is 4.79 Å². The summed E-state index contributed by atoms with van der Waals surface area (Å²) in [6.07, 6.45) is 0. The summed E-state index contributed by atoms with van der Waals surface area (Å²) >= 11 is 0. The Morgan fingerprint density at radius 3 is 2.35 bits per heavy atom. The average Bonchev–Trinajstić information content (AvgIpc) is 2.22. The number of carbonyl (C=O) groups is 2. The summed E-state index contributed by atoms with van der Waals surface area (Å²) in [7, 11) is 0. The molecule has 0 aliphatic carbocycles. The van der Waals surface area contributed by atoms with E-state index in [4.69, 9.17) is 10.8 Å². The number of carbonyl (C=O) groups excluding carboxylic acids is 1. The monoisotopic (exact) mass is 244 g/mol. The molecule has 0 unspecified atom stereocenters. The molecular formula is C10H10F2N2O3. The number of urea groups is 1. The Morgan fingerprint density at radius 2 is 1.94 bits per heavy atom. The summed E-state index contributed by atoms with van der Waals surface area (Å²) in [5.41, 5.74) is 4.88. The van der Waals surface area contributed by atoms with Crippen LogP contribution in [-0.4, -0.2) is 23.1 Å². The van der Waals surface area contributed by atoms with Crippen LogP contribution >= 0.6 is 0 Å². The molecule has 0 aromatic heterocycles. The number of anilines is 1. The Bertz CT molecular complexity index is 465. The van der Waals surface area contributed by atoms with Crippen LogP contribution in [0.25, 0.3) is 0 Å². The first-order chi connectivity index (χ1) is 7.84. The second-order valence-corrected chi connectivity index (χ2v) is 3.32. The number of benzene rings is 1. The maximum absolute atomic E-state index is 13.0. The van der Waals surface area contributed by atoms with Crippen LogP contribution in [0.4, 0.5) is 19.3 Å². The van der Waals surface area contributed by atoms with Gasteiger partial charge < -0.3 is 10.8 Å². The topological polar surface area (TPSA) is 83.6 Å². The van der Waals surface area contributed by atoms with Crippen LogP contribution in [0.2, 0.25) is 0 Å². The molecular weight excluding hydrogens is 234 g/mol. The molecule has 1 atom stereocenters. The quantitative estimate of drug-likeness (QED) is 0.841. The van der Waals surface area contributed by atoms with Gasteiger partial charge in [0.05, 0.1) is 0 Å². The van der Waals surface area contributed by atoms with E-state index in [1.165, 1.54) is 6.92 Å². The van der Waals surface area contributed by atoms with Crippen molar-refractivity contribution < 1.29 is 23.5 Å². The second-order valence-electron chi connectivity index (χ2n) is 3.32. The van der Waals surface area contributed by atoms with Crippen LogP contribution < -0.4 is 10.6 Å². The van der Waals surface area contributed by atoms with E-state index in [-0.39, 0.29) is 5.69 Å². The molecule has 7 heteroatoms. The van der Waals surface area contributed by atoms with E-state index in [9.17, 15) is 18.4 Å². The summed E-state index contributed by atoms with van der Waals surface area (Å²) < 4.78 is 25.7. The minimum atomic E-state index is -1.31. The first kappa shape index (κ1) is 12.9. The number of nitrogens with zero attached hydrogens (tertiary/aromatic N) is 1. The number of nitrogens with two attached hydrogens (primary N) is 1. The lowest BCUT2D eigenvalue weighted by molar-refractivity contribution is -0.138. The molecule has 0 aliphatic heterocycles. The number of amides is 2. The standard InChI is InChI=1S/C10H10F2N2O3/c1-5(9(15)16)14(10(13)17)6-2-3-7(11)8(12)4-6/h2-5H,1H3,(H2,13,17)(H,15,16)/t5-/m1/s1. The van der Waals surface area contributed by atoms with Crippen molar-refractivity contribution in [2.24, 2.45) is 5.73 Å². The number of aliphatic carboxylic acids is 1. The molecule has 1 rings (SSSR count). The van der Waals surface area contributed by atoms with Gasteiger partial charge in [0, 0.05) is 11.8 Å². The molecule has 0 fully saturated rings. The van der Waals surface area contributed by atoms with Crippen molar-refractivity contribution >= 4 is 17.7 Å². The fourth-order valence-electron chi connectivity index (χ4n) is 1.29. The maximum Gasteiger partial charge on any atom is 0.326 e. The second kappa shape index (κ2) is 4.77. The van der Waals surface area contributed by atoms with Crippen LogP contribution in [0.5, 0.6) is 0 Å². The minimum absolute atomic E-state index is 0.119. The van der Waals surface area contributed by atoms with Gasteiger partial charge in [0.2, 0.25) is 0 Å². The first-order valence-electron chi connectivity index (χ1n) is 4.61. The number of hydrogen-bond donors (Lipinski definition) is 2. The minimum Gasteiger partial charge on any atom is -0.480 e. The normalized spacial score (nSPS) is 11.9. The fraction of sp³-hybridized carbons (Fsp3) is 0.200. The predicted molar refractivity (Wildman–Crippen MR) is 55.5 cm³/mol. The van der Waals surface area contributed by atoms with Gasteiger partial charge in [-0.05, 0) is 19.1 Å². The van der Waals surface area contributed by atoms with E-state index in [0.29, 0.717) is 11.0 Å². The van der Waals surface area contributed by atoms with Gasteiger partial charge in [-0.2, -0.15) is 0 Å². The number of carboxylic acids is 1. The molecule has 92 valence electrons. The summed E-state index contributed by atoms with van der Waals surface area (Å²) in [6, 6.07) is 0.223. The van der Waals surface area contributed by atoms with Crippen LogP contribution in [0, 0.1) is 11.6 Å². The molecule has 17 heavy (non-hydrogen) atoms. The van der Waals surface area contributed by atoms with Crippen molar-refractivity contribution in [3.8, 4) is 0 Å². The fourth-order valence-corrected chi connectivity index (χ4v) is 1.29. The van der Waals surface area contributed by atoms with E-state index in [2.05, 4.69) is 0 Å². The van der Waals surface area contributed by atoms with Crippen LogP contribution in [0.15, 0.2) is 18.2 Å². The van der Waals surface area contributed by atoms with E-state index in [1.807, 2.05) is 0 Å². The number of primary amides is 1.